The predicted molar refractivity (Wildman–Crippen MR) is 82.6 cm³/mol. The SMILES string of the molecule is CC(N)CCC(=O)NC(C)C(C)c1ccccc1.Cl. The molecule has 0 aliphatic carbocycles. The quantitative estimate of drug-likeness (QED) is 0.844. The molecule has 3 nitrogen and oxygen atoms in total. The maximum absolute atomic E-state index is 11.7. The van der Waals surface area contributed by atoms with Crippen LogP contribution >= 0.6 is 12.4 Å². The van der Waals surface area contributed by atoms with Gasteiger partial charge in [0.15, 0.2) is 0 Å². The summed E-state index contributed by atoms with van der Waals surface area (Å²) >= 11 is 0. The van der Waals surface area contributed by atoms with Crippen LogP contribution in [0.3, 0.4) is 0 Å². The molecular weight excluding hydrogens is 260 g/mol. The van der Waals surface area contributed by atoms with Crippen LogP contribution in [0.5, 0.6) is 0 Å². The summed E-state index contributed by atoms with van der Waals surface area (Å²) in [5.74, 6) is 0.396. The summed E-state index contributed by atoms with van der Waals surface area (Å²) in [6.07, 6.45) is 1.24. The molecule has 3 unspecified atom stereocenters. The van der Waals surface area contributed by atoms with E-state index >= 15 is 0 Å². The largest absolute Gasteiger partial charge is 0.353 e. The van der Waals surface area contributed by atoms with Gasteiger partial charge in [0, 0.05) is 24.4 Å². The third-order valence-electron chi connectivity index (χ3n) is 3.29. The molecule has 108 valence electrons. The normalized spacial score (nSPS) is 14.9. The molecule has 4 heteroatoms. The van der Waals surface area contributed by atoms with Crippen molar-refractivity contribution in [1.82, 2.24) is 5.32 Å². The van der Waals surface area contributed by atoms with Crippen LogP contribution in [0.25, 0.3) is 0 Å². The van der Waals surface area contributed by atoms with Crippen LogP contribution in [0.15, 0.2) is 30.3 Å². The Hall–Kier alpha value is -1.06. The van der Waals surface area contributed by atoms with Gasteiger partial charge in [-0.3, -0.25) is 4.79 Å². The lowest BCUT2D eigenvalue weighted by atomic mass is 9.94. The van der Waals surface area contributed by atoms with Crippen molar-refractivity contribution in [2.24, 2.45) is 5.73 Å². The summed E-state index contributed by atoms with van der Waals surface area (Å²) in [6.45, 7) is 6.09. The Morgan fingerprint density at radius 3 is 2.32 bits per heavy atom. The van der Waals surface area contributed by atoms with Gasteiger partial charge in [0.2, 0.25) is 5.91 Å². The van der Waals surface area contributed by atoms with E-state index in [1.54, 1.807) is 0 Å². The van der Waals surface area contributed by atoms with Crippen LogP contribution < -0.4 is 11.1 Å². The standard InChI is InChI=1S/C15H24N2O.ClH/c1-11(16)9-10-15(18)17-13(3)12(2)14-7-5-4-6-8-14;/h4-8,11-13H,9-10,16H2,1-3H3,(H,17,18);1H. The Balaban J connectivity index is 0.00000324. The number of halogens is 1. The van der Waals surface area contributed by atoms with Crippen molar-refractivity contribution in [3.8, 4) is 0 Å². The number of rotatable bonds is 6. The molecule has 0 aliphatic heterocycles. The molecule has 0 fully saturated rings. The fourth-order valence-corrected chi connectivity index (χ4v) is 1.86. The van der Waals surface area contributed by atoms with E-state index in [0.29, 0.717) is 12.3 Å². The number of carbonyl (C=O) groups excluding carboxylic acids is 1. The van der Waals surface area contributed by atoms with Crippen LogP contribution in [0.2, 0.25) is 0 Å². The lowest BCUT2D eigenvalue weighted by Crippen LogP contribution is -2.36. The Bertz CT molecular complexity index is 368. The van der Waals surface area contributed by atoms with E-state index in [0.717, 1.165) is 6.42 Å². The minimum atomic E-state index is 0. The van der Waals surface area contributed by atoms with Crippen LogP contribution in [0.1, 0.15) is 45.1 Å². The number of hydrogen-bond acceptors (Lipinski definition) is 2. The highest BCUT2D eigenvalue weighted by atomic mass is 35.5. The van der Waals surface area contributed by atoms with E-state index in [9.17, 15) is 4.79 Å². The molecule has 0 spiro atoms. The van der Waals surface area contributed by atoms with Crippen molar-refractivity contribution in [3.63, 3.8) is 0 Å². The molecule has 0 heterocycles. The lowest BCUT2D eigenvalue weighted by Gasteiger charge is -2.22. The maximum Gasteiger partial charge on any atom is 0.220 e. The third-order valence-corrected chi connectivity index (χ3v) is 3.29. The molecule has 0 bridgehead atoms. The Labute approximate surface area is 122 Å². The second-order valence-electron chi connectivity index (χ2n) is 5.07. The van der Waals surface area contributed by atoms with Gasteiger partial charge in [-0.1, -0.05) is 37.3 Å². The molecule has 0 saturated carbocycles. The molecular formula is C15H25ClN2O. The second kappa shape index (κ2) is 8.94. The highest BCUT2D eigenvalue weighted by Crippen LogP contribution is 2.18. The minimum absolute atomic E-state index is 0. The van der Waals surface area contributed by atoms with E-state index < -0.39 is 0 Å². The van der Waals surface area contributed by atoms with Gasteiger partial charge >= 0.3 is 0 Å². The topological polar surface area (TPSA) is 55.1 Å². The third kappa shape index (κ3) is 6.60. The first kappa shape index (κ1) is 17.9. The molecule has 19 heavy (non-hydrogen) atoms. The van der Waals surface area contributed by atoms with Crippen LogP contribution in [0, 0.1) is 0 Å². The summed E-state index contributed by atoms with van der Waals surface area (Å²) in [7, 11) is 0. The molecule has 0 aliphatic rings. The van der Waals surface area contributed by atoms with Crippen LogP contribution in [-0.4, -0.2) is 18.0 Å². The smallest absolute Gasteiger partial charge is 0.220 e. The van der Waals surface area contributed by atoms with Gasteiger partial charge in [-0.15, -0.1) is 12.4 Å². The average molecular weight is 285 g/mol. The number of carbonyl (C=O) groups is 1. The van der Waals surface area contributed by atoms with Gasteiger partial charge in [-0.25, -0.2) is 0 Å². The van der Waals surface area contributed by atoms with Gasteiger partial charge < -0.3 is 11.1 Å². The summed E-state index contributed by atoms with van der Waals surface area (Å²) in [4.78, 5) is 11.7. The molecule has 1 amide bonds. The monoisotopic (exact) mass is 284 g/mol. The lowest BCUT2D eigenvalue weighted by molar-refractivity contribution is -0.122. The highest BCUT2D eigenvalue weighted by molar-refractivity contribution is 5.85. The second-order valence-corrected chi connectivity index (χ2v) is 5.07. The minimum Gasteiger partial charge on any atom is -0.353 e. The number of nitrogens with one attached hydrogen (secondary N) is 1. The molecule has 0 aromatic heterocycles. The molecule has 0 radical (unpaired) electrons. The number of benzene rings is 1. The maximum atomic E-state index is 11.7. The van der Waals surface area contributed by atoms with Gasteiger partial charge in [0.25, 0.3) is 0 Å². The van der Waals surface area contributed by atoms with Crippen LogP contribution in [0.4, 0.5) is 0 Å². The Morgan fingerprint density at radius 1 is 1.21 bits per heavy atom. The molecule has 1 aromatic carbocycles. The van der Waals surface area contributed by atoms with E-state index in [2.05, 4.69) is 24.4 Å². The van der Waals surface area contributed by atoms with Gasteiger partial charge in [0.1, 0.15) is 0 Å². The molecule has 3 atom stereocenters. The predicted octanol–water partition coefficient (Wildman–Crippen LogP) is 2.84. The van der Waals surface area contributed by atoms with Gasteiger partial charge in [-0.2, -0.15) is 0 Å². The first-order chi connectivity index (χ1) is 8.50. The first-order valence-corrected chi connectivity index (χ1v) is 6.60. The Morgan fingerprint density at radius 2 is 1.79 bits per heavy atom. The summed E-state index contributed by atoms with van der Waals surface area (Å²) in [5, 5.41) is 3.04. The first-order valence-electron chi connectivity index (χ1n) is 6.60. The van der Waals surface area contributed by atoms with E-state index in [4.69, 9.17) is 5.73 Å². The van der Waals surface area contributed by atoms with E-state index in [1.807, 2.05) is 32.0 Å². The average Bonchev–Trinajstić information content (AvgIpc) is 2.36. The van der Waals surface area contributed by atoms with Crippen molar-refractivity contribution < 1.29 is 4.79 Å². The molecule has 1 rings (SSSR count). The molecule has 1 aromatic rings. The zero-order valence-electron chi connectivity index (χ0n) is 11.9. The molecule has 3 N–H and O–H groups in total. The van der Waals surface area contributed by atoms with Crippen LogP contribution in [-0.2, 0) is 4.79 Å². The number of nitrogens with two attached hydrogens (primary N) is 1. The Kier molecular flexibility index (Phi) is 8.44. The van der Waals surface area contributed by atoms with Gasteiger partial charge in [0.05, 0.1) is 0 Å². The van der Waals surface area contributed by atoms with Gasteiger partial charge in [-0.05, 0) is 25.8 Å². The fourth-order valence-electron chi connectivity index (χ4n) is 1.86. The van der Waals surface area contributed by atoms with Crippen molar-refractivity contribution >= 4 is 18.3 Å². The summed E-state index contributed by atoms with van der Waals surface area (Å²) in [6, 6.07) is 10.4. The highest BCUT2D eigenvalue weighted by Gasteiger charge is 2.16. The van der Waals surface area contributed by atoms with E-state index in [1.165, 1.54) is 5.56 Å². The summed E-state index contributed by atoms with van der Waals surface area (Å²) in [5.41, 5.74) is 6.89. The molecule has 0 saturated heterocycles. The van der Waals surface area contributed by atoms with Crippen molar-refractivity contribution in [2.45, 2.75) is 51.6 Å². The van der Waals surface area contributed by atoms with E-state index in [-0.39, 0.29) is 30.4 Å². The zero-order chi connectivity index (χ0) is 13.5. The zero-order valence-corrected chi connectivity index (χ0v) is 12.7. The van der Waals surface area contributed by atoms with Crippen molar-refractivity contribution in [1.29, 1.82) is 0 Å². The number of hydrogen-bond donors (Lipinski definition) is 2. The van der Waals surface area contributed by atoms with Crippen molar-refractivity contribution in [3.05, 3.63) is 35.9 Å². The number of amides is 1. The summed E-state index contributed by atoms with van der Waals surface area (Å²) < 4.78 is 0. The van der Waals surface area contributed by atoms with Crippen molar-refractivity contribution in [2.75, 3.05) is 0 Å². The fraction of sp³-hybridized carbons (Fsp3) is 0.533.